The van der Waals surface area contributed by atoms with Crippen LogP contribution in [-0.2, 0) is 6.54 Å². The molecule has 21 heavy (non-hydrogen) atoms. The molecule has 0 aromatic heterocycles. The molecule has 0 aliphatic heterocycles. The van der Waals surface area contributed by atoms with Crippen LogP contribution in [0.1, 0.15) is 5.56 Å². The van der Waals surface area contributed by atoms with Gasteiger partial charge in [-0.2, -0.15) is 0 Å². The minimum atomic E-state index is 0.598. The van der Waals surface area contributed by atoms with Gasteiger partial charge in [0, 0.05) is 18.7 Å². The van der Waals surface area contributed by atoms with Gasteiger partial charge in [-0.3, -0.25) is 0 Å². The Hall–Kier alpha value is -2.07. The van der Waals surface area contributed by atoms with Gasteiger partial charge in [0.15, 0.2) is 0 Å². The molecule has 0 amide bonds. The molecule has 0 saturated carbocycles. The Kier molecular flexibility index (Phi) is 5.17. The maximum Gasteiger partial charge on any atom is 0.122 e. The molecule has 4 nitrogen and oxygen atoms in total. The number of anilines is 1. The molecule has 0 aliphatic rings. The zero-order valence-electron chi connectivity index (χ0n) is 12.3. The minimum Gasteiger partial charge on any atom is -0.497 e. The summed E-state index contributed by atoms with van der Waals surface area (Å²) in [5.41, 5.74) is 1.85. The molecular weight excluding hydrogens is 290 g/mol. The Balaban J connectivity index is 2.16. The molecule has 0 radical (unpaired) electrons. The Morgan fingerprint density at radius 2 is 1.48 bits per heavy atom. The first-order chi connectivity index (χ1) is 10.2. The molecule has 0 saturated heterocycles. The zero-order valence-corrected chi connectivity index (χ0v) is 13.0. The molecule has 0 aliphatic carbocycles. The predicted molar refractivity (Wildman–Crippen MR) is 84.9 cm³/mol. The van der Waals surface area contributed by atoms with Crippen molar-refractivity contribution in [3.63, 3.8) is 0 Å². The summed E-state index contributed by atoms with van der Waals surface area (Å²) in [6.45, 7) is 0.598. The van der Waals surface area contributed by atoms with Crippen LogP contribution in [0.4, 0.5) is 5.69 Å². The lowest BCUT2D eigenvalue weighted by Gasteiger charge is -2.12. The number of benzene rings is 2. The van der Waals surface area contributed by atoms with Crippen LogP contribution in [0.3, 0.4) is 0 Å². The van der Waals surface area contributed by atoms with Crippen molar-refractivity contribution in [2.75, 3.05) is 26.6 Å². The highest BCUT2D eigenvalue weighted by Crippen LogP contribution is 2.28. The number of rotatable bonds is 6. The van der Waals surface area contributed by atoms with E-state index in [1.807, 2.05) is 30.3 Å². The topological polar surface area (TPSA) is 39.7 Å². The van der Waals surface area contributed by atoms with E-state index in [1.54, 1.807) is 27.4 Å². The van der Waals surface area contributed by atoms with Crippen LogP contribution >= 0.6 is 11.6 Å². The standard InChI is InChI=1S/C16H18ClNO3/c1-19-12-4-5-15(17)16(9-12)18-10-11-6-13(20-2)8-14(7-11)21-3/h4-9,18H,10H2,1-3H3. The summed E-state index contributed by atoms with van der Waals surface area (Å²) >= 11 is 6.17. The highest BCUT2D eigenvalue weighted by molar-refractivity contribution is 6.33. The minimum absolute atomic E-state index is 0.598. The number of hydrogen-bond acceptors (Lipinski definition) is 4. The lowest BCUT2D eigenvalue weighted by atomic mass is 10.2. The maximum absolute atomic E-state index is 6.17. The normalized spacial score (nSPS) is 10.1. The largest absolute Gasteiger partial charge is 0.497 e. The molecule has 0 heterocycles. The average Bonchev–Trinajstić information content (AvgIpc) is 2.53. The summed E-state index contributed by atoms with van der Waals surface area (Å²) in [5, 5.41) is 3.93. The Morgan fingerprint density at radius 3 is 2.05 bits per heavy atom. The fourth-order valence-corrected chi connectivity index (χ4v) is 2.12. The second kappa shape index (κ2) is 7.09. The first-order valence-electron chi connectivity index (χ1n) is 6.45. The SMILES string of the molecule is COc1cc(CNc2cc(OC)ccc2Cl)cc(OC)c1. The zero-order chi connectivity index (χ0) is 15.2. The molecule has 0 atom stereocenters. The quantitative estimate of drug-likeness (QED) is 0.876. The van der Waals surface area contributed by atoms with E-state index in [2.05, 4.69) is 5.32 Å². The van der Waals surface area contributed by atoms with Crippen LogP contribution in [0.2, 0.25) is 5.02 Å². The lowest BCUT2D eigenvalue weighted by molar-refractivity contribution is 0.393. The van der Waals surface area contributed by atoms with Crippen molar-refractivity contribution in [2.45, 2.75) is 6.54 Å². The van der Waals surface area contributed by atoms with Crippen molar-refractivity contribution < 1.29 is 14.2 Å². The van der Waals surface area contributed by atoms with Crippen molar-refractivity contribution in [3.05, 3.63) is 47.0 Å². The van der Waals surface area contributed by atoms with Crippen LogP contribution in [0.15, 0.2) is 36.4 Å². The van der Waals surface area contributed by atoms with Crippen LogP contribution in [0.5, 0.6) is 17.2 Å². The van der Waals surface area contributed by atoms with Gasteiger partial charge >= 0.3 is 0 Å². The molecule has 2 aromatic carbocycles. The van der Waals surface area contributed by atoms with Crippen LogP contribution in [0.25, 0.3) is 0 Å². The van der Waals surface area contributed by atoms with Gasteiger partial charge in [-0.1, -0.05) is 11.6 Å². The molecule has 0 bridgehead atoms. The van der Waals surface area contributed by atoms with Gasteiger partial charge in [-0.25, -0.2) is 0 Å². The number of nitrogens with one attached hydrogen (secondary N) is 1. The molecule has 0 fully saturated rings. The number of hydrogen-bond donors (Lipinski definition) is 1. The molecule has 2 rings (SSSR count). The summed E-state index contributed by atoms with van der Waals surface area (Å²) < 4.78 is 15.7. The third-order valence-corrected chi connectivity index (χ3v) is 3.40. The Labute approximate surface area is 129 Å². The smallest absolute Gasteiger partial charge is 0.122 e. The third-order valence-electron chi connectivity index (χ3n) is 3.07. The van der Waals surface area contributed by atoms with Gasteiger partial charge in [0.25, 0.3) is 0 Å². The average molecular weight is 308 g/mol. The summed E-state index contributed by atoms with van der Waals surface area (Å²) in [7, 11) is 4.88. The summed E-state index contributed by atoms with van der Waals surface area (Å²) in [4.78, 5) is 0. The second-order valence-corrected chi connectivity index (χ2v) is 4.83. The van der Waals surface area contributed by atoms with Crippen molar-refractivity contribution in [3.8, 4) is 17.2 Å². The van der Waals surface area contributed by atoms with E-state index >= 15 is 0 Å². The third kappa shape index (κ3) is 3.95. The van der Waals surface area contributed by atoms with E-state index < -0.39 is 0 Å². The second-order valence-electron chi connectivity index (χ2n) is 4.42. The number of methoxy groups -OCH3 is 3. The molecule has 2 aromatic rings. The molecule has 0 spiro atoms. The van der Waals surface area contributed by atoms with E-state index in [4.69, 9.17) is 25.8 Å². The van der Waals surface area contributed by atoms with Crippen LogP contribution < -0.4 is 19.5 Å². The van der Waals surface area contributed by atoms with E-state index in [-0.39, 0.29) is 0 Å². The molecule has 0 unspecified atom stereocenters. The first kappa shape index (κ1) is 15.3. The highest BCUT2D eigenvalue weighted by Gasteiger charge is 2.05. The van der Waals surface area contributed by atoms with E-state index in [0.717, 1.165) is 28.5 Å². The van der Waals surface area contributed by atoms with Crippen molar-refractivity contribution in [1.82, 2.24) is 0 Å². The summed E-state index contributed by atoms with van der Waals surface area (Å²) in [5.74, 6) is 2.26. The monoisotopic (exact) mass is 307 g/mol. The molecular formula is C16H18ClNO3. The van der Waals surface area contributed by atoms with Gasteiger partial charge in [0.2, 0.25) is 0 Å². The molecule has 1 N–H and O–H groups in total. The van der Waals surface area contributed by atoms with Crippen LogP contribution in [-0.4, -0.2) is 21.3 Å². The molecule has 5 heteroatoms. The Bertz CT molecular complexity index is 594. The van der Waals surface area contributed by atoms with Crippen molar-refractivity contribution in [1.29, 1.82) is 0 Å². The van der Waals surface area contributed by atoms with Gasteiger partial charge in [0.1, 0.15) is 17.2 Å². The van der Waals surface area contributed by atoms with Gasteiger partial charge < -0.3 is 19.5 Å². The van der Waals surface area contributed by atoms with Gasteiger partial charge in [-0.05, 0) is 29.8 Å². The number of ether oxygens (including phenoxy) is 3. The van der Waals surface area contributed by atoms with E-state index in [0.29, 0.717) is 11.6 Å². The Morgan fingerprint density at radius 1 is 0.857 bits per heavy atom. The number of halogens is 1. The van der Waals surface area contributed by atoms with Crippen molar-refractivity contribution >= 4 is 17.3 Å². The summed E-state index contributed by atoms with van der Waals surface area (Å²) in [6, 6.07) is 11.2. The van der Waals surface area contributed by atoms with Crippen molar-refractivity contribution in [2.24, 2.45) is 0 Å². The van der Waals surface area contributed by atoms with E-state index in [9.17, 15) is 0 Å². The van der Waals surface area contributed by atoms with E-state index in [1.165, 1.54) is 0 Å². The molecule has 112 valence electrons. The van der Waals surface area contributed by atoms with Gasteiger partial charge in [0.05, 0.1) is 32.0 Å². The maximum atomic E-state index is 6.17. The predicted octanol–water partition coefficient (Wildman–Crippen LogP) is 3.98. The fourth-order valence-electron chi connectivity index (χ4n) is 1.93. The highest BCUT2D eigenvalue weighted by atomic mass is 35.5. The van der Waals surface area contributed by atoms with Crippen LogP contribution in [0, 0.1) is 0 Å². The lowest BCUT2D eigenvalue weighted by Crippen LogP contribution is -2.01. The first-order valence-corrected chi connectivity index (χ1v) is 6.83. The van der Waals surface area contributed by atoms with Gasteiger partial charge in [-0.15, -0.1) is 0 Å². The summed E-state index contributed by atoms with van der Waals surface area (Å²) in [6.07, 6.45) is 0. The fraction of sp³-hybridized carbons (Fsp3) is 0.250.